The molecule has 0 radical (unpaired) electrons. The topological polar surface area (TPSA) is 64.0 Å². The van der Waals surface area contributed by atoms with Crippen molar-refractivity contribution in [3.05, 3.63) is 106 Å². The van der Waals surface area contributed by atoms with E-state index in [0.717, 1.165) is 18.4 Å². The van der Waals surface area contributed by atoms with Gasteiger partial charge in [0.15, 0.2) is 5.69 Å². The second-order valence-electron chi connectivity index (χ2n) is 7.21. The van der Waals surface area contributed by atoms with E-state index in [1.165, 1.54) is 10.2 Å². The zero-order chi connectivity index (χ0) is 19.8. The van der Waals surface area contributed by atoms with E-state index >= 15 is 0 Å². The van der Waals surface area contributed by atoms with Crippen molar-refractivity contribution in [1.82, 2.24) is 15.1 Å². The highest BCUT2D eigenvalue weighted by atomic mass is 16.2. The Morgan fingerprint density at radius 3 is 2.41 bits per heavy atom. The summed E-state index contributed by atoms with van der Waals surface area (Å²) in [4.78, 5) is 26.2. The molecule has 4 aromatic rings. The third kappa shape index (κ3) is 3.01. The highest BCUT2D eigenvalue weighted by Crippen LogP contribution is 2.31. The van der Waals surface area contributed by atoms with Crippen LogP contribution in [-0.2, 0) is 6.42 Å². The lowest BCUT2D eigenvalue weighted by Gasteiger charge is -2.16. The lowest BCUT2D eigenvalue weighted by atomic mass is 10.1. The summed E-state index contributed by atoms with van der Waals surface area (Å²) in [5.41, 5.74) is 3.07. The quantitative estimate of drug-likeness (QED) is 0.587. The van der Waals surface area contributed by atoms with Gasteiger partial charge in [-0.05, 0) is 42.2 Å². The van der Waals surface area contributed by atoms with Crippen LogP contribution in [0.4, 0.5) is 0 Å². The Morgan fingerprint density at radius 1 is 0.897 bits per heavy atom. The van der Waals surface area contributed by atoms with Crippen LogP contribution in [-0.4, -0.2) is 15.7 Å². The molecule has 0 spiro atoms. The SMILES string of the molecule is O=C(N[C@@H]1CCc2ccccc21)c1nn(-c2ccccc2)c(=O)c2ccccc12. The maximum atomic E-state index is 13.2. The summed E-state index contributed by atoms with van der Waals surface area (Å²) in [5, 5.41) is 8.62. The van der Waals surface area contributed by atoms with Gasteiger partial charge in [0.1, 0.15) is 0 Å². The number of benzene rings is 3. The minimum absolute atomic E-state index is 0.0450. The maximum absolute atomic E-state index is 13.2. The van der Waals surface area contributed by atoms with E-state index in [0.29, 0.717) is 16.5 Å². The van der Waals surface area contributed by atoms with E-state index in [9.17, 15) is 9.59 Å². The molecular weight excluding hydrogens is 362 g/mol. The van der Waals surface area contributed by atoms with Gasteiger partial charge in [0, 0.05) is 5.39 Å². The first-order chi connectivity index (χ1) is 14.2. The van der Waals surface area contributed by atoms with Crippen LogP contribution in [0, 0.1) is 0 Å². The molecule has 3 aromatic carbocycles. The molecule has 5 nitrogen and oxygen atoms in total. The number of fused-ring (bicyclic) bond motifs is 2. The summed E-state index contributed by atoms with van der Waals surface area (Å²) in [6.45, 7) is 0. The molecule has 1 aliphatic carbocycles. The van der Waals surface area contributed by atoms with Crippen LogP contribution in [0.5, 0.6) is 0 Å². The molecule has 0 saturated heterocycles. The van der Waals surface area contributed by atoms with Crippen LogP contribution < -0.4 is 10.9 Å². The summed E-state index contributed by atoms with van der Waals surface area (Å²) in [5.74, 6) is -0.271. The lowest BCUT2D eigenvalue weighted by Crippen LogP contribution is -2.31. The minimum atomic E-state index is -0.271. The van der Waals surface area contributed by atoms with E-state index in [4.69, 9.17) is 0 Å². The fourth-order valence-electron chi connectivity index (χ4n) is 4.04. The van der Waals surface area contributed by atoms with Crippen molar-refractivity contribution in [3.63, 3.8) is 0 Å². The maximum Gasteiger partial charge on any atom is 0.279 e. The number of aryl methyl sites for hydroxylation is 1. The number of carbonyl (C=O) groups is 1. The van der Waals surface area contributed by atoms with Crippen molar-refractivity contribution in [2.45, 2.75) is 18.9 Å². The van der Waals surface area contributed by atoms with Crippen LogP contribution in [0.2, 0.25) is 0 Å². The fourth-order valence-corrected chi connectivity index (χ4v) is 4.04. The van der Waals surface area contributed by atoms with E-state index in [-0.39, 0.29) is 23.2 Å². The number of hydrogen-bond donors (Lipinski definition) is 1. The molecule has 0 fully saturated rings. The molecule has 1 heterocycles. The van der Waals surface area contributed by atoms with Crippen molar-refractivity contribution in [3.8, 4) is 5.69 Å². The molecule has 0 aliphatic heterocycles. The summed E-state index contributed by atoms with van der Waals surface area (Å²) in [6.07, 6.45) is 1.81. The van der Waals surface area contributed by atoms with Crippen LogP contribution >= 0.6 is 0 Å². The molecule has 142 valence electrons. The van der Waals surface area contributed by atoms with E-state index in [2.05, 4.69) is 22.5 Å². The van der Waals surface area contributed by atoms with Gasteiger partial charge < -0.3 is 5.32 Å². The van der Waals surface area contributed by atoms with Crippen LogP contribution in [0.25, 0.3) is 16.5 Å². The molecule has 5 rings (SSSR count). The number of hydrogen-bond acceptors (Lipinski definition) is 3. The Morgan fingerprint density at radius 2 is 1.59 bits per heavy atom. The number of amides is 1. The largest absolute Gasteiger partial charge is 0.344 e. The average Bonchev–Trinajstić information content (AvgIpc) is 3.17. The third-order valence-electron chi connectivity index (χ3n) is 5.46. The van der Waals surface area contributed by atoms with E-state index in [1.807, 2.05) is 36.4 Å². The van der Waals surface area contributed by atoms with Crippen LogP contribution in [0.3, 0.4) is 0 Å². The highest BCUT2D eigenvalue weighted by molar-refractivity contribution is 6.05. The molecule has 0 bridgehead atoms. The first-order valence-electron chi connectivity index (χ1n) is 9.68. The minimum Gasteiger partial charge on any atom is -0.344 e. The number of para-hydroxylation sites is 1. The van der Waals surface area contributed by atoms with Gasteiger partial charge in [-0.2, -0.15) is 9.78 Å². The summed E-state index contributed by atoms with van der Waals surface area (Å²) < 4.78 is 1.31. The second kappa shape index (κ2) is 7.02. The zero-order valence-electron chi connectivity index (χ0n) is 15.7. The Balaban J connectivity index is 1.60. The van der Waals surface area contributed by atoms with Gasteiger partial charge in [-0.3, -0.25) is 9.59 Å². The molecule has 5 heteroatoms. The van der Waals surface area contributed by atoms with Crippen molar-refractivity contribution >= 4 is 16.7 Å². The summed E-state index contributed by atoms with van der Waals surface area (Å²) in [7, 11) is 0. The molecule has 0 unspecified atom stereocenters. The molecule has 1 aromatic heterocycles. The van der Waals surface area contributed by atoms with Gasteiger partial charge in [-0.1, -0.05) is 60.7 Å². The predicted molar refractivity (Wildman–Crippen MR) is 112 cm³/mol. The van der Waals surface area contributed by atoms with E-state index in [1.54, 1.807) is 30.3 Å². The highest BCUT2D eigenvalue weighted by Gasteiger charge is 2.26. The molecular formula is C24H19N3O2. The molecule has 0 saturated carbocycles. The number of aromatic nitrogens is 2. The number of nitrogens with one attached hydrogen (secondary N) is 1. The van der Waals surface area contributed by atoms with E-state index < -0.39 is 0 Å². The summed E-state index contributed by atoms with van der Waals surface area (Å²) in [6, 6.07) is 24.4. The molecule has 29 heavy (non-hydrogen) atoms. The molecule has 1 amide bonds. The first kappa shape index (κ1) is 17.4. The van der Waals surface area contributed by atoms with Crippen molar-refractivity contribution in [2.75, 3.05) is 0 Å². The van der Waals surface area contributed by atoms with Gasteiger partial charge >= 0.3 is 0 Å². The zero-order valence-corrected chi connectivity index (χ0v) is 15.7. The van der Waals surface area contributed by atoms with Gasteiger partial charge in [-0.15, -0.1) is 0 Å². The van der Waals surface area contributed by atoms with Crippen molar-refractivity contribution in [2.24, 2.45) is 0 Å². The first-order valence-corrected chi connectivity index (χ1v) is 9.68. The molecule has 1 aliphatic rings. The summed E-state index contributed by atoms with van der Waals surface area (Å²) >= 11 is 0. The Labute approximate surface area is 167 Å². The number of nitrogens with zero attached hydrogens (tertiary/aromatic N) is 2. The molecule has 1 atom stereocenters. The Kier molecular flexibility index (Phi) is 4.21. The van der Waals surface area contributed by atoms with Gasteiger partial charge in [-0.25, -0.2) is 0 Å². The number of carbonyl (C=O) groups excluding carboxylic acids is 1. The number of rotatable bonds is 3. The fraction of sp³-hybridized carbons (Fsp3) is 0.125. The predicted octanol–water partition coefficient (Wildman–Crippen LogP) is 3.80. The lowest BCUT2D eigenvalue weighted by molar-refractivity contribution is 0.0932. The Hall–Kier alpha value is -3.73. The van der Waals surface area contributed by atoms with Crippen molar-refractivity contribution < 1.29 is 4.79 Å². The second-order valence-corrected chi connectivity index (χ2v) is 7.21. The standard InChI is InChI=1S/C24H19N3O2/c28-23(25-21-15-14-16-8-4-5-11-18(16)21)22-19-12-6-7-13-20(19)24(29)27(26-22)17-9-2-1-3-10-17/h1-13,21H,14-15H2,(H,25,28)/t21-/m1/s1. The van der Waals surface area contributed by atoms with Gasteiger partial charge in [0.2, 0.25) is 0 Å². The average molecular weight is 381 g/mol. The van der Waals surface area contributed by atoms with Crippen LogP contribution in [0.15, 0.2) is 83.7 Å². The Bertz CT molecular complexity index is 1280. The van der Waals surface area contributed by atoms with Crippen molar-refractivity contribution in [1.29, 1.82) is 0 Å². The third-order valence-corrected chi connectivity index (χ3v) is 5.46. The van der Waals surface area contributed by atoms with Gasteiger partial charge in [0.05, 0.1) is 17.1 Å². The van der Waals surface area contributed by atoms with Gasteiger partial charge in [0.25, 0.3) is 11.5 Å². The normalized spacial score (nSPS) is 15.2. The monoisotopic (exact) mass is 381 g/mol. The van der Waals surface area contributed by atoms with Crippen LogP contribution in [0.1, 0.15) is 34.1 Å². The smallest absolute Gasteiger partial charge is 0.279 e. The molecule has 1 N–H and O–H groups in total.